The molecule has 0 unspecified atom stereocenters. The molecule has 2 aromatic rings. The zero-order valence-electron chi connectivity index (χ0n) is 18.4. The second-order valence-corrected chi connectivity index (χ2v) is 11.6. The standard InChI is InChI=1S/C23H31N3O4S2/c1-18-6-8-19(9-7-18)21(17-25-11-13-30-14-12-25)24-23(27)20-4-2-10-26(16-20)32(28,29)22-5-3-15-31-22/h3,5-9,15,20-21H,2,4,10-14,16-17H2,1H3,(H,24,27)/t20-,21-/m1/s1. The van der Waals surface area contributed by atoms with E-state index in [2.05, 4.69) is 34.5 Å². The Morgan fingerprint density at radius 3 is 2.62 bits per heavy atom. The highest BCUT2D eigenvalue weighted by molar-refractivity contribution is 7.91. The summed E-state index contributed by atoms with van der Waals surface area (Å²) in [5, 5.41) is 5.00. The lowest BCUT2D eigenvalue weighted by atomic mass is 9.97. The molecule has 0 aliphatic carbocycles. The van der Waals surface area contributed by atoms with Crippen LogP contribution >= 0.6 is 11.3 Å². The minimum absolute atomic E-state index is 0.0742. The Labute approximate surface area is 194 Å². The van der Waals surface area contributed by atoms with Crippen molar-refractivity contribution < 1.29 is 17.9 Å². The van der Waals surface area contributed by atoms with E-state index in [-0.39, 0.29) is 24.4 Å². The lowest BCUT2D eigenvalue weighted by molar-refractivity contribution is -0.127. The molecular formula is C23H31N3O4S2. The Kier molecular flexibility index (Phi) is 7.63. The minimum Gasteiger partial charge on any atom is -0.379 e. The lowest BCUT2D eigenvalue weighted by Gasteiger charge is -2.34. The summed E-state index contributed by atoms with van der Waals surface area (Å²) in [6, 6.07) is 11.5. The molecule has 1 amide bonds. The number of amides is 1. The number of rotatable bonds is 7. The molecule has 4 rings (SSSR count). The molecular weight excluding hydrogens is 446 g/mol. The van der Waals surface area contributed by atoms with Crippen LogP contribution in [0.1, 0.15) is 30.0 Å². The van der Waals surface area contributed by atoms with Gasteiger partial charge in [0.2, 0.25) is 5.91 Å². The average molecular weight is 478 g/mol. The first-order valence-electron chi connectivity index (χ1n) is 11.1. The molecule has 3 heterocycles. The van der Waals surface area contributed by atoms with Crippen molar-refractivity contribution in [2.45, 2.75) is 30.0 Å². The fraction of sp³-hybridized carbons (Fsp3) is 0.522. The zero-order valence-corrected chi connectivity index (χ0v) is 20.0. The summed E-state index contributed by atoms with van der Waals surface area (Å²) in [6.45, 7) is 6.53. The number of hydrogen-bond donors (Lipinski definition) is 1. The van der Waals surface area contributed by atoms with Crippen LogP contribution in [0.5, 0.6) is 0 Å². The maximum absolute atomic E-state index is 13.3. The maximum Gasteiger partial charge on any atom is 0.252 e. The smallest absolute Gasteiger partial charge is 0.252 e. The van der Waals surface area contributed by atoms with Gasteiger partial charge in [0.05, 0.1) is 25.2 Å². The van der Waals surface area contributed by atoms with Gasteiger partial charge in [-0.2, -0.15) is 4.31 Å². The van der Waals surface area contributed by atoms with Gasteiger partial charge in [0.15, 0.2) is 0 Å². The number of carbonyl (C=O) groups is 1. The molecule has 2 fully saturated rings. The number of nitrogens with zero attached hydrogens (tertiary/aromatic N) is 2. The summed E-state index contributed by atoms with van der Waals surface area (Å²) in [6.07, 6.45) is 1.38. The van der Waals surface area contributed by atoms with Gasteiger partial charge in [0.1, 0.15) is 4.21 Å². The maximum atomic E-state index is 13.3. The molecule has 32 heavy (non-hydrogen) atoms. The van der Waals surface area contributed by atoms with E-state index in [0.29, 0.717) is 43.4 Å². The van der Waals surface area contributed by atoms with E-state index in [1.807, 2.05) is 6.92 Å². The van der Waals surface area contributed by atoms with Gasteiger partial charge in [-0.15, -0.1) is 11.3 Å². The van der Waals surface area contributed by atoms with Gasteiger partial charge in [-0.3, -0.25) is 9.69 Å². The summed E-state index contributed by atoms with van der Waals surface area (Å²) in [7, 11) is -3.54. The van der Waals surface area contributed by atoms with Crippen LogP contribution in [-0.2, 0) is 19.6 Å². The molecule has 0 bridgehead atoms. The van der Waals surface area contributed by atoms with Crippen LogP contribution in [-0.4, -0.2) is 69.5 Å². The van der Waals surface area contributed by atoms with Crippen LogP contribution in [0, 0.1) is 12.8 Å². The van der Waals surface area contributed by atoms with Crippen LogP contribution < -0.4 is 5.32 Å². The van der Waals surface area contributed by atoms with Crippen molar-refractivity contribution in [1.82, 2.24) is 14.5 Å². The number of benzene rings is 1. The molecule has 2 aliphatic heterocycles. The number of aryl methyl sites for hydroxylation is 1. The molecule has 2 atom stereocenters. The molecule has 0 radical (unpaired) electrons. The number of sulfonamides is 1. The first-order chi connectivity index (χ1) is 15.4. The Morgan fingerprint density at radius 1 is 1.19 bits per heavy atom. The molecule has 1 aromatic heterocycles. The van der Waals surface area contributed by atoms with E-state index in [1.165, 1.54) is 21.2 Å². The number of piperidine rings is 1. The van der Waals surface area contributed by atoms with Crippen molar-refractivity contribution >= 4 is 27.3 Å². The molecule has 7 nitrogen and oxygen atoms in total. The predicted molar refractivity (Wildman–Crippen MR) is 125 cm³/mol. The number of ether oxygens (including phenoxy) is 1. The molecule has 2 aliphatic rings. The Hall–Kier alpha value is -1.78. The normalized spacial score (nSPS) is 21.8. The first-order valence-corrected chi connectivity index (χ1v) is 13.5. The summed E-state index contributed by atoms with van der Waals surface area (Å²) in [5.41, 5.74) is 2.24. The average Bonchev–Trinajstić information content (AvgIpc) is 3.36. The molecule has 2 saturated heterocycles. The van der Waals surface area contributed by atoms with Crippen LogP contribution in [0.3, 0.4) is 0 Å². The lowest BCUT2D eigenvalue weighted by Crippen LogP contribution is -2.48. The molecule has 174 valence electrons. The topological polar surface area (TPSA) is 79.0 Å². The molecule has 1 aromatic carbocycles. The van der Waals surface area contributed by atoms with Crippen LogP contribution in [0.2, 0.25) is 0 Å². The zero-order chi connectivity index (χ0) is 22.6. The molecule has 0 spiro atoms. The third-order valence-corrected chi connectivity index (χ3v) is 9.42. The highest BCUT2D eigenvalue weighted by Crippen LogP contribution is 2.27. The minimum atomic E-state index is -3.54. The van der Waals surface area contributed by atoms with Gasteiger partial charge in [-0.1, -0.05) is 35.9 Å². The Bertz CT molecular complexity index is 987. The van der Waals surface area contributed by atoms with Gasteiger partial charge in [0.25, 0.3) is 10.0 Å². The van der Waals surface area contributed by atoms with Crippen molar-refractivity contribution in [3.8, 4) is 0 Å². The predicted octanol–water partition coefficient (Wildman–Crippen LogP) is 2.65. The molecule has 1 N–H and O–H groups in total. The number of hydrogen-bond acceptors (Lipinski definition) is 6. The van der Waals surface area contributed by atoms with Gasteiger partial charge in [-0.05, 0) is 36.8 Å². The van der Waals surface area contributed by atoms with Gasteiger partial charge < -0.3 is 10.1 Å². The van der Waals surface area contributed by atoms with Crippen molar-refractivity contribution in [2.24, 2.45) is 5.92 Å². The van der Waals surface area contributed by atoms with E-state index in [9.17, 15) is 13.2 Å². The van der Waals surface area contributed by atoms with Crippen molar-refractivity contribution in [1.29, 1.82) is 0 Å². The molecule has 9 heteroatoms. The monoisotopic (exact) mass is 477 g/mol. The molecule has 0 saturated carbocycles. The summed E-state index contributed by atoms with van der Waals surface area (Å²) in [5.74, 6) is -0.425. The second-order valence-electron chi connectivity index (χ2n) is 8.52. The van der Waals surface area contributed by atoms with E-state index in [4.69, 9.17) is 4.74 Å². The number of thiophene rings is 1. The summed E-state index contributed by atoms with van der Waals surface area (Å²) >= 11 is 1.22. The van der Waals surface area contributed by atoms with Crippen LogP contribution in [0.25, 0.3) is 0 Å². The first kappa shape index (κ1) is 23.4. The van der Waals surface area contributed by atoms with E-state index < -0.39 is 10.0 Å². The van der Waals surface area contributed by atoms with Crippen molar-refractivity contribution in [2.75, 3.05) is 45.9 Å². The van der Waals surface area contributed by atoms with E-state index in [0.717, 1.165) is 18.7 Å². The largest absolute Gasteiger partial charge is 0.379 e. The third-order valence-electron chi connectivity index (χ3n) is 6.18. The van der Waals surface area contributed by atoms with Crippen molar-refractivity contribution in [3.63, 3.8) is 0 Å². The second kappa shape index (κ2) is 10.4. The number of nitrogens with one attached hydrogen (secondary N) is 1. The summed E-state index contributed by atoms with van der Waals surface area (Å²) in [4.78, 5) is 15.6. The van der Waals surface area contributed by atoms with Gasteiger partial charge in [-0.25, -0.2) is 8.42 Å². The quantitative estimate of drug-likeness (QED) is 0.663. The van der Waals surface area contributed by atoms with Crippen LogP contribution in [0.4, 0.5) is 0 Å². The number of carbonyl (C=O) groups excluding carboxylic acids is 1. The van der Waals surface area contributed by atoms with E-state index in [1.54, 1.807) is 17.5 Å². The fourth-order valence-electron chi connectivity index (χ4n) is 4.28. The highest BCUT2D eigenvalue weighted by atomic mass is 32.2. The van der Waals surface area contributed by atoms with Crippen molar-refractivity contribution in [3.05, 3.63) is 52.9 Å². The number of morpholine rings is 1. The summed E-state index contributed by atoms with van der Waals surface area (Å²) < 4.78 is 33.1. The van der Waals surface area contributed by atoms with Crippen LogP contribution in [0.15, 0.2) is 46.0 Å². The highest BCUT2D eigenvalue weighted by Gasteiger charge is 2.34. The van der Waals surface area contributed by atoms with E-state index >= 15 is 0 Å². The fourth-order valence-corrected chi connectivity index (χ4v) is 6.95. The van der Waals surface area contributed by atoms with Gasteiger partial charge >= 0.3 is 0 Å². The van der Waals surface area contributed by atoms with Gasteiger partial charge in [0, 0.05) is 32.7 Å². The Morgan fingerprint density at radius 2 is 1.94 bits per heavy atom. The SMILES string of the molecule is Cc1ccc([C@@H](CN2CCOCC2)NC(=O)[C@@H]2CCCN(S(=O)(=O)c3cccs3)C2)cc1. The Balaban J connectivity index is 1.46. The third kappa shape index (κ3) is 5.58.